The van der Waals surface area contributed by atoms with Crippen LogP contribution in [0.25, 0.3) is 0 Å². The predicted octanol–water partition coefficient (Wildman–Crippen LogP) is 4.11. The van der Waals surface area contributed by atoms with E-state index in [4.69, 9.17) is 15.9 Å². The summed E-state index contributed by atoms with van der Waals surface area (Å²) >= 11 is 1.01. The maximum Gasteiger partial charge on any atom is 0.416 e. The molecule has 1 aliphatic heterocycles. The maximum absolute atomic E-state index is 13.1. The highest BCUT2D eigenvalue weighted by Gasteiger charge is 2.47. The number of amides is 1. The summed E-state index contributed by atoms with van der Waals surface area (Å²) in [6, 6.07) is 11.8. The van der Waals surface area contributed by atoms with Crippen molar-refractivity contribution in [1.29, 1.82) is 5.41 Å². The summed E-state index contributed by atoms with van der Waals surface area (Å²) in [4.78, 5) is 11.1. The number of ether oxygens (including phenoxy) is 1. The van der Waals surface area contributed by atoms with Crippen LogP contribution < -0.4 is 15.8 Å². The van der Waals surface area contributed by atoms with E-state index in [0.29, 0.717) is 24.3 Å². The van der Waals surface area contributed by atoms with Gasteiger partial charge in [0.1, 0.15) is 10.6 Å². The molecule has 1 amide bonds. The summed E-state index contributed by atoms with van der Waals surface area (Å²) < 4.78 is 45.2. The lowest BCUT2D eigenvalue weighted by Crippen LogP contribution is -2.53. The van der Waals surface area contributed by atoms with Gasteiger partial charge in [0.15, 0.2) is 0 Å². The second-order valence-corrected chi connectivity index (χ2v) is 8.26. The minimum Gasteiger partial charge on any atom is -0.493 e. The van der Waals surface area contributed by atoms with E-state index in [2.05, 4.69) is 5.32 Å². The number of rotatable bonds is 5. The van der Waals surface area contributed by atoms with E-state index in [-0.39, 0.29) is 29.0 Å². The van der Waals surface area contributed by atoms with E-state index >= 15 is 0 Å². The van der Waals surface area contributed by atoms with Crippen LogP contribution in [-0.4, -0.2) is 24.1 Å². The summed E-state index contributed by atoms with van der Waals surface area (Å²) in [5.41, 5.74) is 5.74. The minimum absolute atomic E-state index is 0.0893. The summed E-state index contributed by atoms with van der Waals surface area (Å²) in [6.07, 6.45) is -4.01. The summed E-state index contributed by atoms with van der Waals surface area (Å²) in [5, 5.41) is 11.4. The lowest BCUT2D eigenvalue weighted by molar-refractivity contribution is -0.137. The largest absolute Gasteiger partial charge is 0.493 e. The van der Waals surface area contributed by atoms with Crippen LogP contribution in [0.2, 0.25) is 0 Å². The fourth-order valence-corrected chi connectivity index (χ4v) is 4.96. The highest BCUT2D eigenvalue weighted by molar-refractivity contribution is 8.15. The third-order valence-electron chi connectivity index (χ3n) is 4.89. The van der Waals surface area contributed by atoms with Crippen LogP contribution in [0.3, 0.4) is 0 Å². The van der Waals surface area contributed by atoms with Gasteiger partial charge in [-0.25, -0.2) is 0 Å². The molecule has 2 aromatic rings. The first-order valence-electron chi connectivity index (χ1n) is 9.33. The number of carbonyl (C=O) groups is 1. The molecule has 0 saturated heterocycles. The Balaban J connectivity index is 2.07. The molecule has 3 rings (SSSR count). The number of nitrogens with two attached hydrogens (primary N) is 1. The molecule has 1 heterocycles. The lowest BCUT2D eigenvalue weighted by Gasteiger charge is -2.44. The molecular formula is C21H22F3N3O2S. The number of hydrogen-bond donors (Lipinski definition) is 3. The summed E-state index contributed by atoms with van der Waals surface area (Å²) in [6.45, 7) is 1.96. The first kappa shape index (κ1) is 22.2. The van der Waals surface area contributed by atoms with Gasteiger partial charge in [0.05, 0.1) is 17.2 Å². The number of halogens is 3. The number of hydrogen-bond acceptors (Lipinski definition) is 5. The smallest absolute Gasteiger partial charge is 0.416 e. The second kappa shape index (κ2) is 8.69. The van der Waals surface area contributed by atoms with E-state index in [1.807, 2.05) is 0 Å². The Morgan fingerprint density at radius 3 is 2.70 bits per heavy atom. The third kappa shape index (κ3) is 4.46. The molecular weight excluding hydrogens is 415 g/mol. The zero-order valence-electron chi connectivity index (χ0n) is 16.3. The van der Waals surface area contributed by atoms with Crippen molar-refractivity contribution in [2.45, 2.75) is 24.4 Å². The Hall–Kier alpha value is -2.52. The van der Waals surface area contributed by atoms with Crippen molar-refractivity contribution in [3.05, 3.63) is 65.2 Å². The fraction of sp³-hybridized carbons (Fsp3) is 0.333. The molecule has 2 atom stereocenters. The van der Waals surface area contributed by atoms with Crippen LogP contribution in [0.4, 0.5) is 13.2 Å². The quantitative estimate of drug-likeness (QED) is 0.373. The molecule has 0 unspecified atom stereocenters. The van der Waals surface area contributed by atoms with Gasteiger partial charge in [0, 0.05) is 24.0 Å². The summed E-state index contributed by atoms with van der Waals surface area (Å²) in [7, 11) is 0. The number of thioether (sulfide) groups is 1. The van der Waals surface area contributed by atoms with Gasteiger partial charge in [-0.1, -0.05) is 42.1 Å². The van der Waals surface area contributed by atoms with Crippen molar-refractivity contribution >= 4 is 22.7 Å². The van der Waals surface area contributed by atoms with Crippen molar-refractivity contribution in [2.75, 3.05) is 13.2 Å². The number of alkyl halides is 3. The molecule has 2 aromatic carbocycles. The van der Waals surface area contributed by atoms with Gasteiger partial charge in [-0.2, -0.15) is 13.2 Å². The molecule has 0 radical (unpaired) electrons. The molecule has 1 aliphatic rings. The molecule has 30 heavy (non-hydrogen) atoms. The molecule has 0 spiro atoms. The minimum atomic E-state index is -4.51. The first-order chi connectivity index (χ1) is 14.2. The van der Waals surface area contributed by atoms with Gasteiger partial charge >= 0.3 is 6.18 Å². The van der Waals surface area contributed by atoms with Crippen LogP contribution in [0.15, 0.2) is 48.5 Å². The molecule has 9 heteroatoms. The van der Waals surface area contributed by atoms with Crippen molar-refractivity contribution in [3.8, 4) is 5.75 Å². The fourth-order valence-electron chi connectivity index (χ4n) is 3.57. The van der Waals surface area contributed by atoms with Crippen LogP contribution >= 0.6 is 11.8 Å². The molecule has 160 valence electrons. The monoisotopic (exact) mass is 437 g/mol. The normalized spacial score (nSPS) is 20.8. The Labute approximate surface area is 176 Å². The van der Waals surface area contributed by atoms with Gasteiger partial charge in [0.25, 0.3) is 0 Å². The Kier molecular flexibility index (Phi) is 6.42. The van der Waals surface area contributed by atoms with Crippen molar-refractivity contribution in [1.82, 2.24) is 5.32 Å². The third-order valence-corrected chi connectivity index (χ3v) is 6.31. The second-order valence-electron chi connectivity index (χ2n) is 7.01. The molecule has 5 nitrogen and oxygen atoms in total. The van der Waals surface area contributed by atoms with Crippen molar-refractivity contribution in [3.63, 3.8) is 0 Å². The van der Waals surface area contributed by atoms with Gasteiger partial charge in [-0.05, 0) is 31.2 Å². The van der Waals surface area contributed by atoms with E-state index in [1.165, 1.54) is 19.1 Å². The predicted molar refractivity (Wildman–Crippen MR) is 110 cm³/mol. The standard InChI is InChI=1S/C21H22F3N3O2S/c1-13(28)27-20(16(9-10-25)12-29-18-8-3-2-7-17(18)20)30-19(26)14-5-4-6-15(11-14)21(22,23)24/h2-8,11,16,26H,9-10,12,25H2,1H3,(H,27,28)/t16-,20-/m1/s1. The Bertz CT molecular complexity index is 951. The zero-order valence-corrected chi connectivity index (χ0v) is 17.1. The zero-order chi connectivity index (χ0) is 21.9. The van der Waals surface area contributed by atoms with E-state index in [0.717, 1.165) is 23.9 Å². The van der Waals surface area contributed by atoms with Gasteiger partial charge < -0.3 is 15.8 Å². The van der Waals surface area contributed by atoms with E-state index in [1.54, 1.807) is 24.3 Å². The molecule has 4 N–H and O–H groups in total. The van der Waals surface area contributed by atoms with Crippen LogP contribution in [-0.2, 0) is 15.8 Å². The number of para-hydroxylation sites is 1. The van der Waals surface area contributed by atoms with Crippen LogP contribution in [0.1, 0.15) is 30.0 Å². The average molecular weight is 437 g/mol. The van der Waals surface area contributed by atoms with E-state index < -0.39 is 16.6 Å². The highest BCUT2D eigenvalue weighted by Crippen LogP contribution is 2.50. The number of carbonyl (C=O) groups excluding carboxylic acids is 1. The number of fused-ring (bicyclic) bond motifs is 1. The molecule has 0 saturated carbocycles. The SMILES string of the molecule is CC(=O)N[C@]1(SC(=N)c2cccc(C(F)(F)F)c2)c2ccccc2OC[C@H]1CCN. The number of nitrogens with one attached hydrogen (secondary N) is 2. The summed E-state index contributed by atoms with van der Waals surface area (Å²) in [5.74, 6) is -0.0422. The highest BCUT2D eigenvalue weighted by atomic mass is 32.2. The van der Waals surface area contributed by atoms with Crippen LogP contribution in [0, 0.1) is 11.3 Å². The lowest BCUT2D eigenvalue weighted by atomic mass is 9.87. The van der Waals surface area contributed by atoms with Gasteiger partial charge in [-0.3, -0.25) is 10.2 Å². The maximum atomic E-state index is 13.1. The Morgan fingerprint density at radius 1 is 1.30 bits per heavy atom. The average Bonchev–Trinajstić information content (AvgIpc) is 2.69. The van der Waals surface area contributed by atoms with Gasteiger partial charge in [-0.15, -0.1) is 0 Å². The first-order valence-corrected chi connectivity index (χ1v) is 10.2. The van der Waals surface area contributed by atoms with Crippen LogP contribution in [0.5, 0.6) is 5.75 Å². The van der Waals surface area contributed by atoms with Gasteiger partial charge in [0.2, 0.25) is 5.91 Å². The molecule has 0 bridgehead atoms. The number of benzene rings is 2. The molecule has 0 aliphatic carbocycles. The van der Waals surface area contributed by atoms with Crippen molar-refractivity contribution < 1.29 is 22.7 Å². The topological polar surface area (TPSA) is 88.2 Å². The van der Waals surface area contributed by atoms with Crippen molar-refractivity contribution in [2.24, 2.45) is 11.7 Å². The molecule has 0 aromatic heterocycles. The molecule has 0 fully saturated rings. The Morgan fingerprint density at radius 2 is 2.03 bits per heavy atom. The van der Waals surface area contributed by atoms with E-state index in [9.17, 15) is 18.0 Å².